The number of alkyl halides is 1. The van der Waals surface area contributed by atoms with Crippen LogP contribution in [0.15, 0.2) is 0 Å². The Morgan fingerprint density at radius 2 is 2.43 bits per heavy atom. The highest BCUT2D eigenvalue weighted by Gasteiger charge is 2.07. The number of ether oxygens (including phenoxy) is 2. The molecule has 3 heteroatoms. The second-order valence-electron chi connectivity index (χ2n) is 1.39. The lowest BCUT2D eigenvalue weighted by atomic mass is 10.5. The molecule has 0 aromatic carbocycles. The van der Waals surface area contributed by atoms with E-state index in [-0.39, 0.29) is 0 Å². The molecule has 0 bridgehead atoms. The van der Waals surface area contributed by atoms with Gasteiger partial charge >= 0.3 is 0 Å². The van der Waals surface area contributed by atoms with Crippen molar-refractivity contribution in [1.82, 2.24) is 0 Å². The monoisotopic (exact) mass is 214 g/mol. The summed E-state index contributed by atoms with van der Waals surface area (Å²) in [4.78, 5) is 0. The molecule has 1 fully saturated rings. The summed E-state index contributed by atoms with van der Waals surface area (Å²) in [6.07, 6.45) is 1.03. The average molecular weight is 214 g/mol. The van der Waals surface area contributed by atoms with Crippen LogP contribution in [0.5, 0.6) is 0 Å². The zero-order valence-corrected chi connectivity index (χ0v) is 6.05. The maximum atomic E-state index is 5.04. The predicted molar refractivity (Wildman–Crippen MR) is 34.3 cm³/mol. The minimum atomic E-state index is 0.381. The van der Waals surface area contributed by atoms with Gasteiger partial charge in [-0.3, -0.25) is 0 Å². The van der Waals surface area contributed by atoms with Gasteiger partial charge in [-0.25, -0.2) is 0 Å². The molecule has 1 aliphatic heterocycles. The second kappa shape index (κ2) is 2.84. The highest BCUT2D eigenvalue weighted by atomic mass is 127. The zero-order valence-electron chi connectivity index (χ0n) is 3.89. The Hall–Kier alpha value is 0.650. The molecule has 1 rings (SSSR count). The molecule has 0 spiro atoms. The van der Waals surface area contributed by atoms with E-state index in [1.807, 2.05) is 0 Å². The number of halogens is 1. The Morgan fingerprint density at radius 1 is 1.57 bits per heavy atom. The smallest absolute Gasteiger partial charge is 0.148 e. The van der Waals surface area contributed by atoms with Gasteiger partial charge in [-0.05, 0) is 0 Å². The number of hydrogen-bond acceptors (Lipinski definition) is 2. The van der Waals surface area contributed by atoms with Crippen LogP contribution in [0.3, 0.4) is 0 Å². The topological polar surface area (TPSA) is 18.5 Å². The van der Waals surface area contributed by atoms with Gasteiger partial charge < -0.3 is 9.47 Å². The van der Waals surface area contributed by atoms with Gasteiger partial charge in [0.1, 0.15) is 10.9 Å². The molecular formula is C4H7IO2. The van der Waals surface area contributed by atoms with Gasteiger partial charge in [0.05, 0.1) is 6.61 Å². The summed E-state index contributed by atoms with van der Waals surface area (Å²) in [5.41, 5.74) is 0. The van der Waals surface area contributed by atoms with Crippen LogP contribution in [0.4, 0.5) is 0 Å². The SMILES string of the molecule is IC1CCOCO1. The summed E-state index contributed by atoms with van der Waals surface area (Å²) in [6, 6.07) is 0. The third-order valence-electron chi connectivity index (χ3n) is 0.821. The Balaban J connectivity index is 2.12. The van der Waals surface area contributed by atoms with Crippen LogP contribution in [-0.4, -0.2) is 17.5 Å². The Morgan fingerprint density at radius 3 is 2.71 bits per heavy atom. The van der Waals surface area contributed by atoms with Gasteiger partial charge in [-0.2, -0.15) is 0 Å². The van der Waals surface area contributed by atoms with Crippen LogP contribution >= 0.6 is 22.6 Å². The van der Waals surface area contributed by atoms with Crippen LogP contribution in [-0.2, 0) is 9.47 Å². The molecule has 0 amide bonds. The molecule has 0 aliphatic carbocycles. The van der Waals surface area contributed by atoms with Gasteiger partial charge in [0.15, 0.2) is 0 Å². The maximum absolute atomic E-state index is 5.04. The van der Waals surface area contributed by atoms with Crippen molar-refractivity contribution in [2.75, 3.05) is 13.4 Å². The third kappa shape index (κ3) is 1.92. The normalized spacial score (nSPS) is 33.0. The first-order valence-electron chi connectivity index (χ1n) is 2.23. The maximum Gasteiger partial charge on any atom is 0.148 e. The van der Waals surface area contributed by atoms with Crippen molar-refractivity contribution in [2.24, 2.45) is 0 Å². The molecule has 0 saturated carbocycles. The van der Waals surface area contributed by atoms with Crippen LogP contribution in [0.2, 0.25) is 0 Å². The summed E-state index contributed by atoms with van der Waals surface area (Å²) < 4.78 is 10.3. The van der Waals surface area contributed by atoms with E-state index in [0.717, 1.165) is 13.0 Å². The number of rotatable bonds is 0. The van der Waals surface area contributed by atoms with Crippen molar-refractivity contribution >= 4 is 22.6 Å². The fraction of sp³-hybridized carbons (Fsp3) is 1.00. The van der Waals surface area contributed by atoms with Gasteiger partial charge in [0.2, 0.25) is 0 Å². The lowest BCUT2D eigenvalue weighted by molar-refractivity contribution is -0.103. The zero-order chi connectivity index (χ0) is 5.11. The first-order valence-corrected chi connectivity index (χ1v) is 3.47. The Bertz CT molecular complexity index is 51.7. The summed E-state index contributed by atoms with van der Waals surface area (Å²) in [5, 5.41) is 0. The molecule has 0 aromatic heterocycles. The molecule has 1 unspecified atom stereocenters. The quantitative estimate of drug-likeness (QED) is 0.444. The van der Waals surface area contributed by atoms with E-state index in [4.69, 9.17) is 9.47 Å². The van der Waals surface area contributed by atoms with Crippen LogP contribution in [0.25, 0.3) is 0 Å². The van der Waals surface area contributed by atoms with Crippen LogP contribution in [0.1, 0.15) is 6.42 Å². The van der Waals surface area contributed by atoms with Gasteiger partial charge in [0.25, 0.3) is 0 Å². The lowest BCUT2D eigenvalue weighted by Crippen LogP contribution is -2.17. The molecule has 1 aliphatic rings. The summed E-state index contributed by atoms with van der Waals surface area (Å²) in [6.45, 7) is 1.33. The highest BCUT2D eigenvalue weighted by Crippen LogP contribution is 2.11. The standard InChI is InChI=1S/C4H7IO2/c5-4-1-2-6-3-7-4/h4H,1-3H2. The van der Waals surface area contributed by atoms with Crippen molar-refractivity contribution in [3.05, 3.63) is 0 Å². The lowest BCUT2D eigenvalue weighted by Gasteiger charge is -2.16. The van der Waals surface area contributed by atoms with Crippen LogP contribution in [0, 0.1) is 0 Å². The van der Waals surface area contributed by atoms with Gasteiger partial charge in [-0.15, -0.1) is 0 Å². The van der Waals surface area contributed by atoms with Gasteiger partial charge in [-0.1, -0.05) is 22.6 Å². The minimum Gasteiger partial charge on any atom is -0.355 e. The van der Waals surface area contributed by atoms with E-state index in [1.54, 1.807) is 0 Å². The van der Waals surface area contributed by atoms with E-state index in [2.05, 4.69) is 22.6 Å². The molecule has 1 atom stereocenters. The van der Waals surface area contributed by atoms with Gasteiger partial charge in [0, 0.05) is 6.42 Å². The van der Waals surface area contributed by atoms with E-state index >= 15 is 0 Å². The van der Waals surface area contributed by atoms with Crippen molar-refractivity contribution in [2.45, 2.75) is 10.5 Å². The van der Waals surface area contributed by atoms with Crippen molar-refractivity contribution < 1.29 is 9.47 Å². The van der Waals surface area contributed by atoms with Crippen molar-refractivity contribution in [3.63, 3.8) is 0 Å². The molecule has 0 radical (unpaired) electrons. The van der Waals surface area contributed by atoms with Crippen molar-refractivity contribution in [3.8, 4) is 0 Å². The molecular weight excluding hydrogens is 207 g/mol. The second-order valence-corrected chi connectivity index (χ2v) is 2.78. The number of hydrogen-bond donors (Lipinski definition) is 0. The van der Waals surface area contributed by atoms with E-state index in [0.29, 0.717) is 10.9 Å². The molecule has 42 valence electrons. The highest BCUT2D eigenvalue weighted by molar-refractivity contribution is 14.1. The summed E-state index contributed by atoms with van der Waals surface area (Å²) >= 11 is 2.25. The predicted octanol–water partition coefficient (Wildman–Crippen LogP) is 1.14. The molecule has 7 heavy (non-hydrogen) atoms. The van der Waals surface area contributed by atoms with Crippen molar-refractivity contribution in [1.29, 1.82) is 0 Å². The molecule has 2 nitrogen and oxygen atoms in total. The Labute approximate surface area is 56.3 Å². The fourth-order valence-electron chi connectivity index (χ4n) is 0.440. The first kappa shape index (κ1) is 5.78. The average Bonchev–Trinajstić information content (AvgIpc) is 1.69. The minimum absolute atomic E-state index is 0.381. The molecule has 0 N–H and O–H groups in total. The molecule has 1 saturated heterocycles. The van der Waals surface area contributed by atoms with Crippen LogP contribution < -0.4 is 0 Å². The summed E-state index contributed by atoms with van der Waals surface area (Å²) in [5.74, 6) is 0. The van der Waals surface area contributed by atoms with E-state index in [1.165, 1.54) is 0 Å². The fourth-order valence-corrected chi connectivity index (χ4v) is 0.841. The first-order chi connectivity index (χ1) is 3.39. The Kier molecular flexibility index (Phi) is 2.34. The van der Waals surface area contributed by atoms with E-state index in [9.17, 15) is 0 Å². The van der Waals surface area contributed by atoms with E-state index < -0.39 is 0 Å². The largest absolute Gasteiger partial charge is 0.355 e. The molecule has 0 aromatic rings. The molecule has 1 heterocycles. The third-order valence-corrected chi connectivity index (χ3v) is 1.80. The summed E-state index contributed by atoms with van der Waals surface area (Å²) in [7, 11) is 0.